The van der Waals surface area contributed by atoms with E-state index in [4.69, 9.17) is 4.74 Å². The van der Waals surface area contributed by atoms with E-state index in [0.717, 1.165) is 25.5 Å². The summed E-state index contributed by atoms with van der Waals surface area (Å²) >= 11 is 0. The summed E-state index contributed by atoms with van der Waals surface area (Å²) in [4.78, 5) is 22.0. The van der Waals surface area contributed by atoms with Crippen molar-refractivity contribution in [1.82, 2.24) is 14.9 Å². The number of amides is 1. The summed E-state index contributed by atoms with van der Waals surface area (Å²) in [5, 5.41) is -0.218. The monoisotopic (exact) mass is 341 g/mol. The van der Waals surface area contributed by atoms with Crippen molar-refractivity contribution in [1.29, 1.82) is 0 Å². The molecule has 1 fully saturated rings. The second-order valence-corrected chi connectivity index (χ2v) is 8.63. The Hall–Kier alpha value is -1.70. The van der Waals surface area contributed by atoms with Crippen molar-refractivity contribution >= 4 is 15.9 Å². The summed E-state index contributed by atoms with van der Waals surface area (Å²) in [5.41, 5.74) is -0.0474. The van der Waals surface area contributed by atoms with Gasteiger partial charge >= 0.3 is 6.09 Å². The Morgan fingerprint density at radius 3 is 2.65 bits per heavy atom. The molecule has 0 N–H and O–H groups in total. The van der Waals surface area contributed by atoms with Gasteiger partial charge in [0.25, 0.3) is 0 Å². The Kier molecular flexibility index (Phi) is 4.93. The fourth-order valence-electron chi connectivity index (χ4n) is 2.50. The average Bonchev–Trinajstić information content (AvgIpc) is 2.45. The Morgan fingerprint density at radius 2 is 2.04 bits per heavy atom. The molecule has 8 heteroatoms. The molecule has 1 aromatic rings. The first-order chi connectivity index (χ1) is 10.6. The molecule has 7 nitrogen and oxygen atoms in total. The first-order valence-electron chi connectivity index (χ1n) is 7.60. The number of hydrogen-bond acceptors (Lipinski definition) is 6. The number of hydrogen-bond donors (Lipinski definition) is 0. The quantitative estimate of drug-likeness (QED) is 0.767. The van der Waals surface area contributed by atoms with Crippen molar-refractivity contribution in [3.63, 3.8) is 0 Å². The lowest BCUT2D eigenvalue weighted by Gasteiger charge is -2.36. The lowest BCUT2D eigenvalue weighted by atomic mass is 10.00. The van der Waals surface area contributed by atoms with Crippen molar-refractivity contribution in [3.05, 3.63) is 18.0 Å². The van der Waals surface area contributed by atoms with Gasteiger partial charge in [-0.2, -0.15) is 0 Å². The number of aromatic nitrogens is 2. The van der Waals surface area contributed by atoms with Crippen LogP contribution in [0.25, 0.3) is 0 Å². The minimum absolute atomic E-state index is 0.218. The van der Waals surface area contributed by atoms with Crippen LogP contribution in [-0.2, 0) is 14.6 Å². The maximum Gasteiger partial charge on any atom is 0.410 e. The summed E-state index contributed by atoms with van der Waals surface area (Å²) in [7, 11) is -3.49. The number of carbonyl (C=O) groups excluding carboxylic acids is 1. The summed E-state index contributed by atoms with van der Waals surface area (Å²) in [6.07, 6.45) is 4.64. The molecule has 128 valence electrons. The SMILES string of the molecule is CC(C)(C)OC(=O)N1CCCCC1c1ccnc(S(C)(=O)=O)n1. The number of piperidine rings is 1. The second-order valence-electron chi connectivity index (χ2n) is 6.72. The van der Waals surface area contributed by atoms with Gasteiger partial charge in [0.05, 0.1) is 11.7 Å². The third-order valence-electron chi connectivity index (χ3n) is 3.46. The van der Waals surface area contributed by atoms with Gasteiger partial charge in [0.1, 0.15) is 5.60 Å². The molecule has 23 heavy (non-hydrogen) atoms. The third-order valence-corrected chi connectivity index (χ3v) is 4.32. The summed E-state index contributed by atoms with van der Waals surface area (Å²) in [5.74, 6) is 0. The van der Waals surface area contributed by atoms with E-state index in [2.05, 4.69) is 9.97 Å². The number of nitrogens with zero attached hydrogens (tertiary/aromatic N) is 3. The number of ether oxygens (including phenoxy) is 1. The van der Waals surface area contributed by atoms with E-state index in [-0.39, 0.29) is 11.2 Å². The fraction of sp³-hybridized carbons (Fsp3) is 0.667. The molecule has 0 saturated carbocycles. The highest BCUT2D eigenvalue weighted by atomic mass is 32.2. The zero-order valence-electron chi connectivity index (χ0n) is 13.9. The van der Waals surface area contributed by atoms with Crippen LogP contribution < -0.4 is 0 Å². The van der Waals surface area contributed by atoms with E-state index in [0.29, 0.717) is 12.2 Å². The first kappa shape index (κ1) is 17.7. The average molecular weight is 341 g/mol. The molecule has 1 unspecified atom stereocenters. The molecule has 1 aliphatic heterocycles. The minimum atomic E-state index is -3.49. The van der Waals surface area contributed by atoms with Crippen LogP contribution in [0, 0.1) is 0 Å². The largest absolute Gasteiger partial charge is 0.444 e. The summed E-state index contributed by atoms with van der Waals surface area (Å²) in [6, 6.07) is 1.37. The molecule has 0 spiro atoms. The van der Waals surface area contributed by atoms with E-state index >= 15 is 0 Å². The fourth-order valence-corrected chi connectivity index (χ4v) is 3.02. The van der Waals surface area contributed by atoms with Crippen molar-refractivity contribution in [2.75, 3.05) is 12.8 Å². The highest BCUT2D eigenvalue weighted by molar-refractivity contribution is 7.90. The molecule has 1 atom stereocenters. The zero-order valence-corrected chi connectivity index (χ0v) is 14.8. The van der Waals surface area contributed by atoms with E-state index < -0.39 is 21.5 Å². The Bertz CT molecular complexity index is 682. The van der Waals surface area contributed by atoms with Gasteiger partial charge in [-0.1, -0.05) is 0 Å². The van der Waals surface area contributed by atoms with Gasteiger partial charge in [-0.05, 0) is 46.1 Å². The molecule has 0 aliphatic carbocycles. The molecule has 0 bridgehead atoms. The van der Waals surface area contributed by atoms with Crippen LogP contribution in [0.5, 0.6) is 0 Å². The third kappa shape index (κ3) is 4.63. The summed E-state index contributed by atoms with van der Waals surface area (Å²) in [6.45, 7) is 6.01. The van der Waals surface area contributed by atoms with Gasteiger partial charge in [0, 0.05) is 19.0 Å². The van der Waals surface area contributed by atoms with E-state index in [1.54, 1.807) is 11.0 Å². The highest BCUT2D eigenvalue weighted by Gasteiger charge is 2.32. The van der Waals surface area contributed by atoms with Crippen LogP contribution in [0.4, 0.5) is 4.79 Å². The molecule has 2 rings (SSSR count). The molecule has 1 saturated heterocycles. The van der Waals surface area contributed by atoms with Crippen LogP contribution in [-0.4, -0.2) is 47.8 Å². The van der Waals surface area contributed by atoms with E-state index in [1.165, 1.54) is 6.20 Å². The number of rotatable bonds is 2. The lowest BCUT2D eigenvalue weighted by molar-refractivity contribution is 0.00891. The minimum Gasteiger partial charge on any atom is -0.444 e. The van der Waals surface area contributed by atoms with Gasteiger partial charge < -0.3 is 4.74 Å². The Balaban J connectivity index is 2.30. The molecule has 2 heterocycles. The molecule has 1 aromatic heterocycles. The molecule has 1 aliphatic rings. The number of sulfone groups is 1. The van der Waals surface area contributed by atoms with E-state index in [9.17, 15) is 13.2 Å². The predicted octanol–water partition coefficient (Wildman–Crippen LogP) is 2.34. The molecular formula is C15H23N3O4S. The van der Waals surface area contributed by atoms with Gasteiger partial charge in [-0.25, -0.2) is 23.2 Å². The number of likely N-dealkylation sites (tertiary alicyclic amines) is 1. The predicted molar refractivity (Wildman–Crippen MR) is 84.7 cm³/mol. The van der Waals surface area contributed by atoms with Gasteiger partial charge in [-0.15, -0.1) is 0 Å². The Morgan fingerprint density at radius 1 is 1.35 bits per heavy atom. The first-order valence-corrected chi connectivity index (χ1v) is 9.50. The molecule has 1 amide bonds. The van der Waals surface area contributed by atoms with Crippen molar-refractivity contribution in [2.45, 2.75) is 56.8 Å². The van der Waals surface area contributed by atoms with Crippen molar-refractivity contribution in [2.24, 2.45) is 0 Å². The van der Waals surface area contributed by atoms with Crippen LogP contribution >= 0.6 is 0 Å². The summed E-state index contributed by atoms with van der Waals surface area (Å²) < 4.78 is 28.7. The van der Waals surface area contributed by atoms with Gasteiger partial charge in [0.2, 0.25) is 15.0 Å². The highest BCUT2D eigenvalue weighted by Crippen LogP contribution is 2.31. The van der Waals surface area contributed by atoms with Crippen LogP contribution in [0.2, 0.25) is 0 Å². The zero-order chi connectivity index (χ0) is 17.3. The van der Waals surface area contributed by atoms with Crippen LogP contribution in [0.3, 0.4) is 0 Å². The van der Waals surface area contributed by atoms with Crippen molar-refractivity contribution in [3.8, 4) is 0 Å². The van der Waals surface area contributed by atoms with Crippen molar-refractivity contribution < 1.29 is 17.9 Å². The van der Waals surface area contributed by atoms with E-state index in [1.807, 2.05) is 20.8 Å². The van der Waals surface area contributed by atoms with Crippen LogP contribution in [0.15, 0.2) is 17.4 Å². The van der Waals surface area contributed by atoms with Crippen LogP contribution in [0.1, 0.15) is 51.8 Å². The second kappa shape index (κ2) is 6.43. The van der Waals surface area contributed by atoms with Gasteiger partial charge in [-0.3, -0.25) is 4.90 Å². The molecule has 0 aromatic carbocycles. The standard InChI is InChI=1S/C15H23N3O4S/c1-15(2,3)22-14(19)18-10-6-5-7-12(18)11-8-9-16-13(17-11)23(4,20)21/h8-9,12H,5-7,10H2,1-4H3. The lowest BCUT2D eigenvalue weighted by Crippen LogP contribution is -2.42. The normalized spacial score (nSPS) is 19.5. The maximum atomic E-state index is 12.4. The topological polar surface area (TPSA) is 89.5 Å². The molecule has 0 radical (unpaired) electrons. The molecular weight excluding hydrogens is 318 g/mol. The smallest absolute Gasteiger partial charge is 0.410 e. The Labute approximate surface area is 137 Å². The van der Waals surface area contributed by atoms with Gasteiger partial charge in [0.15, 0.2) is 0 Å². The maximum absolute atomic E-state index is 12.4. The number of carbonyl (C=O) groups is 1.